The highest BCUT2D eigenvalue weighted by Gasteiger charge is 2.22. The van der Waals surface area contributed by atoms with E-state index in [0.29, 0.717) is 5.69 Å². The SMILES string of the molecule is Cn1cc(C(=O)N[C@H](Cc2cnc[nH]2)C(=O)O)nn1. The Morgan fingerprint density at radius 3 is 2.89 bits per heavy atom. The largest absolute Gasteiger partial charge is 0.480 e. The second-order valence-electron chi connectivity index (χ2n) is 3.92. The predicted molar refractivity (Wildman–Crippen MR) is 62.2 cm³/mol. The molecule has 0 spiro atoms. The Balaban J connectivity index is 2.04. The first kappa shape index (κ1) is 12.7. The molecular formula is C10H12N6O3. The number of aromatic nitrogens is 5. The molecule has 3 N–H and O–H groups in total. The minimum absolute atomic E-state index is 0.0679. The van der Waals surface area contributed by atoms with E-state index in [-0.39, 0.29) is 12.1 Å². The van der Waals surface area contributed by atoms with E-state index >= 15 is 0 Å². The molecule has 19 heavy (non-hydrogen) atoms. The lowest BCUT2D eigenvalue weighted by Crippen LogP contribution is -2.42. The third-order valence-corrected chi connectivity index (χ3v) is 2.42. The average Bonchev–Trinajstić information content (AvgIpc) is 2.99. The lowest BCUT2D eigenvalue weighted by Gasteiger charge is -2.12. The number of nitrogens with zero attached hydrogens (tertiary/aromatic N) is 4. The van der Waals surface area contributed by atoms with Gasteiger partial charge in [-0.15, -0.1) is 5.10 Å². The van der Waals surface area contributed by atoms with Crippen LogP contribution < -0.4 is 5.32 Å². The van der Waals surface area contributed by atoms with E-state index in [1.807, 2.05) is 0 Å². The van der Waals surface area contributed by atoms with Crippen LogP contribution in [-0.2, 0) is 18.3 Å². The molecule has 0 aromatic carbocycles. The Morgan fingerprint density at radius 2 is 2.37 bits per heavy atom. The molecule has 0 aliphatic carbocycles. The van der Waals surface area contributed by atoms with Gasteiger partial charge in [-0.2, -0.15) is 0 Å². The molecule has 2 aromatic rings. The Morgan fingerprint density at radius 1 is 1.58 bits per heavy atom. The van der Waals surface area contributed by atoms with Crippen LogP contribution in [0.4, 0.5) is 0 Å². The second kappa shape index (κ2) is 5.29. The van der Waals surface area contributed by atoms with E-state index < -0.39 is 17.9 Å². The number of aryl methyl sites for hydroxylation is 1. The number of rotatable bonds is 5. The number of hydrogen-bond acceptors (Lipinski definition) is 5. The van der Waals surface area contributed by atoms with Gasteiger partial charge in [0.2, 0.25) is 0 Å². The molecule has 0 saturated carbocycles. The van der Waals surface area contributed by atoms with Crippen molar-refractivity contribution in [3.63, 3.8) is 0 Å². The van der Waals surface area contributed by atoms with Crippen molar-refractivity contribution in [1.29, 1.82) is 0 Å². The minimum atomic E-state index is -1.13. The molecule has 0 radical (unpaired) electrons. The predicted octanol–water partition coefficient (Wildman–Crippen LogP) is -1.04. The summed E-state index contributed by atoms with van der Waals surface area (Å²) in [6.45, 7) is 0. The monoisotopic (exact) mass is 264 g/mol. The molecule has 0 fully saturated rings. The highest BCUT2D eigenvalue weighted by Crippen LogP contribution is 2.00. The Bertz CT molecular complexity index is 576. The zero-order valence-electron chi connectivity index (χ0n) is 10.1. The minimum Gasteiger partial charge on any atom is -0.480 e. The third-order valence-electron chi connectivity index (χ3n) is 2.42. The number of hydrogen-bond donors (Lipinski definition) is 3. The van der Waals surface area contributed by atoms with Gasteiger partial charge >= 0.3 is 5.97 Å². The Labute approximate surface area is 107 Å². The fraction of sp³-hybridized carbons (Fsp3) is 0.300. The highest BCUT2D eigenvalue weighted by atomic mass is 16.4. The molecule has 0 bridgehead atoms. The maximum atomic E-state index is 11.8. The van der Waals surface area contributed by atoms with Crippen LogP contribution in [0.25, 0.3) is 0 Å². The molecule has 1 atom stereocenters. The lowest BCUT2D eigenvalue weighted by atomic mass is 10.1. The summed E-state index contributed by atoms with van der Waals surface area (Å²) in [6.07, 6.45) is 4.47. The molecular weight excluding hydrogens is 252 g/mol. The standard InChI is InChI=1S/C10H12N6O3/c1-16-4-8(14-15-16)9(17)13-7(10(18)19)2-6-3-11-5-12-6/h3-5,7H,2H2,1H3,(H,11,12)(H,13,17)(H,18,19)/t7-/m1/s1. The summed E-state index contributed by atoms with van der Waals surface area (Å²) < 4.78 is 1.36. The average molecular weight is 264 g/mol. The fourth-order valence-electron chi connectivity index (χ4n) is 1.50. The van der Waals surface area contributed by atoms with Gasteiger partial charge in [-0.3, -0.25) is 9.48 Å². The van der Waals surface area contributed by atoms with E-state index in [1.165, 1.54) is 23.4 Å². The quantitative estimate of drug-likeness (QED) is 0.633. The van der Waals surface area contributed by atoms with Crippen LogP contribution in [0.15, 0.2) is 18.7 Å². The summed E-state index contributed by atoms with van der Waals surface area (Å²) in [6, 6.07) is -1.06. The van der Waals surface area contributed by atoms with Gasteiger partial charge in [0.1, 0.15) is 6.04 Å². The van der Waals surface area contributed by atoms with Crippen LogP contribution in [0.5, 0.6) is 0 Å². The van der Waals surface area contributed by atoms with E-state index in [9.17, 15) is 9.59 Å². The summed E-state index contributed by atoms with van der Waals surface area (Å²) >= 11 is 0. The van der Waals surface area contributed by atoms with Crippen molar-refractivity contribution >= 4 is 11.9 Å². The van der Waals surface area contributed by atoms with Crippen molar-refractivity contribution in [3.8, 4) is 0 Å². The van der Waals surface area contributed by atoms with Gasteiger partial charge in [-0.05, 0) is 0 Å². The number of aromatic amines is 1. The Hall–Kier alpha value is -2.71. The zero-order chi connectivity index (χ0) is 13.8. The first-order valence-corrected chi connectivity index (χ1v) is 5.43. The number of carbonyl (C=O) groups excluding carboxylic acids is 1. The topological polar surface area (TPSA) is 126 Å². The van der Waals surface area contributed by atoms with Gasteiger partial charge in [0.25, 0.3) is 5.91 Å². The molecule has 0 saturated heterocycles. The van der Waals surface area contributed by atoms with Gasteiger partial charge in [0.05, 0.1) is 12.5 Å². The molecule has 0 unspecified atom stereocenters. The first-order chi connectivity index (χ1) is 9.06. The summed E-state index contributed by atoms with van der Waals surface area (Å²) in [7, 11) is 1.61. The van der Waals surface area contributed by atoms with Crippen LogP contribution in [0, 0.1) is 0 Å². The van der Waals surface area contributed by atoms with Gasteiger partial charge in [-0.25, -0.2) is 9.78 Å². The number of imidazole rings is 1. The molecule has 9 heteroatoms. The normalized spacial score (nSPS) is 12.1. The molecule has 0 aliphatic rings. The molecule has 2 rings (SSSR count). The molecule has 0 aliphatic heterocycles. The Kier molecular flexibility index (Phi) is 3.55. The van der Waals surface area contributed by atoms with E-state index in [0.717, 1.165) is 0 Å². The van der Waals surface area contributed by atoms with Gasteiger partial charge in [0.15, 0.2) is 5.69 Å². The van der Waals surface area contributed by atoms with Crippen LogP contribution in [0.2, 0.25) is 0 Å². The smallest absolute Gasteiger partial charge is 0.326 e. The second-order valence-corrected chi connectivity index (χ2v) is 3.92. The molecule has 9 nitrogen and oxygen atoms in total. The highest BCUT2D eigenvalue weighted by molar-refractivity contribution is 5.94. The summed E-state index contributed by atoms with van der Waals surface area (Å²) in [4.78, 5) is 29.5. The van der Waals surface area contributed by atoms with Gasteiger partial charge in [0, 0.05) is 25.4 Å². The molecule has 2 heterocycles. The number of nitrogens with one attached hydrogen (secondary N) is 2. The number of carboxylic acids is 1. The summed E-state index contributed by atoms with van der Waals surface area (Å²) in [5.41, 5.74) is 0.685. The van der Waals surface area contributed by atoms with Gasteiger partial charge < -0.3 is 15.4 Å². The van der Waals surface area contributed by atoms with Crippen molar-refractivity contribution in [3.05, 3.63) is 30.1 Å². The summed E-state index contributed by atoms with van der Waals surface area (Å²) in [5, 5.41) is 18.7. The van der Waals surface area contributed by atoms with Crippen LogP contribution in [0.3, 0.4) is 0 Å². The van der Waals surface area contributed by atoms with Gasteiger partial charge in [-0.1, -0.05) is 5.21 Å². The first-order valence-electron chi connectivity index (χ1n) is 5.43. The third kappa shape index (κ3) is 3.15. The zero-order valence-corrected chi connectivity index (χ0v) is 10.1. The van der Waals surface area contributed by atoms with Crippen molar-refractivity contribution in [2.75, 3.05) is 0 Å². The van der Waals surface area contributed by atoms with E-state index in [4.69, 9.17) is 5.11 Å². The lowest BCUT2D eigenvalue weighted by molar-refractivity contribution is -0.139. The fourth-order valence-corrected chi connectivity index (χ4v) is 1.50. The van der Waals surface area contributed by atoms with Crippen LogP contribution >= 0.6 is 0 Å². The number of H-pyrrole nitrogens is 1. The van der Waals surface area contributed by atoms with Crippen molar-refractivity contribution < 1.29 is 14.7 Å². The van der Waals surface area contributed by atoms with Crippen molar-refractivity contribution in [2.24, 2.45) is 7.05 Å². The van der Waals surface area contributed by atoms with Crippen molar-refractivity contribution in [2.45, 2.75) is 12.5 Å². The maximum Gasteiger partial charge on any atom is 0.326 e. The number of carbonyl (C=O) groups is 2. The number of amides is 1. The number of carboxylic acid groups (broad SMARTS) is 1. The van der Waals surface area contributed by atoms with E-state index in [2.05, 4.69) is 25.6 Å². The van der Waals surface area contributed by atoms with Crippen LogP contribution in [-0.4, -0.2) is 48.0 Å². The summed E-state index contributed by atoms with van der Waals surface area (Å²) in [5.74, 6) is -1.72. The van der Waals surface area contributed by atoms with Crippen LogP contribution in [0.1, 0.15) is 16.2 Å². The molecule has 100 valence electrons. The molecule has 1 amide bonds. The molecule has 2 aromatic heterocycles. The number of aliphatic carboxylic acids is 1. The van der Waals surface area contributed by atoms with Crippen molar-refractivity contribution in [1.82, 2.24) is 30.3 Å². The maximum absolute atomic E-state index is 11.8. The van der Waals surface area contributed by atoms with E-state index in [1.54, 1.807) is 7.05 Å².